The molecule has 1 aliphatic heterocycles. The highest BCUT2D eigenvalue weighted by atomic mass is 19.1. The summed E-state index contributed by atoms with van der Waals surface area (Å²) in [4.78, 5) is 2.17. The molecule has 1 aromatic carbocycles. The van der Waals surface area contributed by atoms with Gasteiger partial charge in [-0.05, 0) is 43.4 Å². The van der Waals surface area contributed by atoms with Gasteiger partial charge in [0.2, 0.25) is 0 Å². The Bertz CT molecular complexity index is 444. The van der Waals surface area contributed by atoms with Gasteiger partial charge in [-0.3, -0.25) is 0 Å². The predicted octanol–water partition coefficient (Wildman–Crippen LogP) is 3.36. The molecule has 1 saturated heterocycles. The molecule has 0 aliphatic carbocycles. The van der Waals surface area contributed by atoms with E-state index in [0.717, 1.165) is 49.6 Å². The molecular formula is C17H27FN2O. The topological polar surface area (TPSA) is 24.5 Å². The van der Waals surface area contributed by atoms with Gasteiger partial charge in [-0.1, -0.05) is 13.0 Å². The van der Waals surface area contributed by atoms with Crippen LogP contribution in [0.15, 0.2) is 18.2 Å². The van der Waals surface area contributed by atoms with Crippen molar-refractivity contribution in [3.63, 3.8) is 0 Å². The summed E-state index contributed by atoms with van der Waals surface area (Å²) in [6, 6.07) is 5.75. The summed E-state index contributed by atoms with van der Waals surface area (Å²) in [6.45, 7) is 7.66. The highest BCUT2D eigenvalue weighted by Crippen LogP contribution is 2.27. The zero-order valence-corrected chi connectivity index (χ0v) is 13.4. The van der Waals surface area contributed by atoms with Crippen molar-refractivity contribution in [1.82, 2.24) is 5.32 Å². The van der Waals surface area contributed by atoms with E-state index < -0.39 is 0 Å². The number of halogens is 1. The number of anilines is 1. The molecule has 0 spiro atoms. The van der Waals surface area contributed by atoms with Gasteiger partial charge in [-0.2, -0.15) is 0 Å². The van der Waals surface area contributed by atoms with E-state index in [1.165, 1.54) is 0 Å². The van der Waals surface area contributed by atoms with Gasteiger partial charge in [0.25, 0.3) is 0 Å². The third kappa shape index (κ3) is 4.42. The number of nitrogens with one attached hydrogen (secondary N) is 1. The molecule has 1 fully saturated rings. The average Bonchev–Trinajstić information content (AvgIpc) is 2.48. The Morgan fingerprint density at radius 1 is 1.38 bits per heavy atom. The summed E-state index contributed by atoms with van der Waals surface area (Å²) < 4.78 is 19.4. The fourth-order valence-corrected chi connectivity index (χ4v) is 2.79. The minimum absolute atomic E-state index is 0.109. The van der Waals surface area contributed by atoms with E-state index in [1.54, 1.807) is 13.2 Å². The quantitative estimate of drug-likeness (QED) is 0.814. The number of rotatable bonds is 6. The van der Waals surface area contributed by atoms with Crippen LogP contribution in [-0.2, 0) is 4.74 Å². The first kappa shape index (κ1) is 16.2. The van der Waals surface area contributed by atoms with E-state index in [-0.39, 0.29) is 11.9 Å². The molecule has 1 atom stereocenters. The fraction of sp³-hybridized carbons (Fsp3) is 0.647. The summed E-state index contributed by atoms with van der Waals surface area (Å²) in [7, 11) is 1.68. The van der Waals surface area contributed by atoms with Crippen molar-refractivity contribution in [1.29, 1.82) is 0 Å². The third-order valence-electron chi connectivity index (χ3n) is 4.35. The van der Waals surface area contributed by atoms with Gasteiger partial charge in [0.05, 0.1) is 12.3 Å². The Morgan fingerprint density at radius 3 is 2.71 bits per heavy atom. The van der Waals surface area contributed by atoms with Crippen LogP contribution in [0.25, 0.3) is 0 Å². The standard InChI is InChI=1S/C17H27FN2O/c1-13-6-9-20(10-7-13)17-5-4-15(12-16(17)18)14(2)19-8-11-21-3/h4-5,12-14,19H,6-11H2,1-3H3/t14-/m0/s1. The van der Waals surface area contributed by atoms with Crippen LogP contribution < -0.4 is 10.2 Å². The van der Waals surface area contributed by atoms with E-state index >= 15 is 0 Å². The molecule has 0 saturated carbocycles. The molecular weight excluding hydrogens is 267 g/mol. The predicted molar refractivity (Wildman–Crippen MR) is 85.3 cm³/mol. The highest BCUT2D eigenvalue weighted by molar-refractivity contribution is 5.50. The second-order valence-corrected chi connectivity index (χ2v) is 6.05. The van der Waals surface area contributed by atoms with E-state index in [0.29, 0.717) is 6.61 Å². The number of methoxy groups -OCH3 is 1. The van der Waals surface area contributed by atoms with Gasteiger partial charge in [-0.15, -0.1) is 0 Å². The van der Waals surface area contributed by atoms with Crippen LogP contribution in [0, 0.1) is 11.7 Å². The fourth-order valence-electron chi connectivity index (χ4n) is 2.79. The van der Waals surface area contributed by atoms with Crippen LogP contribution in [0.4, 0.5) is 10.1 Å². The normalized spacial score (nSPS) is 18.0. The molecule has 0 aromatic heterocycles. The van der Waals surface area contributed by atoms with Gasteiger partial charge in [-0.25, -0.2) is 4.39 Å². The number of nitrogens with zero attached hydrogens (tertiary/aromatic N) is 1. The van der Waals surface area contributed by atoms with Crippen molar-refractivity contribution in [3.8, 4) is 0 Å². The Balaban J connectivity index is 2.00. The molecule has 0 radical (unpaired) electrons. The lowest BCUT2D eigenvalue weighted by Gasteiger charge is -2.32. The Hall–Kier alpha value is -1.13. The zero-order valence-electron chi connectivity index (χ0n) is 13.4. The lowest BCUT2D eigenvalue weighted by Crippen LogP contribution is -2.33. The second kappa shape index (κ2) is 7.76. The summed E-state index contributed by atoms with van der Waals surface area (Å²) in [5.41, 5.74) is 1.73. The van der Waals surface area contributed by atoms with Crippen molar-refractivity contribution in [2.24, 2.45) is 5.92 Å². The van der Waals surface area contributed by atoms with Crippen molar-refractivity contribution >= 4 is 5.69 Å². The first-order valence-electron chi connectivity index (χ1n) is 7.88. The van der Waals surface area contributed by atoms with Crippen LogP contribution in [0.3, 0.4) is 0 Å². The lowest BCUT2D eigenvalue weighted by atomic mass is 9.98. The number of piperidine rings is 1. The second-order valence-electron chi connectivity index (χ2n) is 6.05. The number of benzene rings is 1. The van der Waals surface area contributed by atoms with E-state index in [2.05, 4.69) is 17.1 Å². The minimum Gasteiger partial charge on any atom is -0.383 e. The molecule has 0 unspecified atom stereocenters. The molecule has 2 rings (SSSR count). The molecule has 1 aromatic rings. The molecule has 1 heterocycles. The summed E-state index contributed by atoms with van der Waals surface area (Å²) in [5.74, 6) is 0.649. The van der Waals surface area contributed by atoms with Gasteiger partial charge >= 0.3 is 0 Å². The van der Waals surface area contributed by atoms with Crippen LogP contribution in [0.5, 0.6) is 0 Å². The van der Waals surface area contributed by atoms with Crippen molar-refractivity contribution in [3.05, 3.63) is 29.6 Å². The molecule has 21 heavy (non-hydrogen) atoms. The monoisotopic (exact) mass is 294 g/mol. The smallest absolute Gasteiger partial charge is 0.146 e. The molecule has 1 aliphatic rings. The van der Waals surface area contributed by atoms with E-state index in [9.17, 15) is 4.39 Å². The third-order valence-corrected chi connectivity index (χ3v) is 4.35. The molecule has 3 nitrogen and oxygen atoms in total. The average molecular weight is 294 g/mol. The Morgan fingerprint density at radius 2 is 2.10 bits per heavy atom. The maximum absolute atomic E-state index is 14.4. The SMILES string of the molecule is COCCN[C@@H](C)c1ccc(N2CCC(C)CC2)c(F)c1. The molecule has 0 amide bonds. The van der Waals surface area contributed by atoms with Gasteiger partial charge < -0.3 is 15.0 Å². The summed E-state index contributed by atoms with van der Waals surface area (Å²) in [6.07, 6.45) is 2.30. The van der Waals surface area contributed by atoms with Crippen molar-refractivity contribution in [2.45, 2.75) is 32.7 Å². The van der Waals surface area contributed by atoms with Gasteiger partial charge in [0, 0.05) is 32.8 Å². The number of ether oxygens (including phenoxy) is 1. The summed E-state index contributed by atoms with van der Waals surface area (Å²) >= 11 is 0. The maximum Gasteiger partial charge on any atom is 0.146 e. The maximum atomic E-state index is 14.4. The zero-order chi connectivity index (χ0) is 15.2. The lowest BCUT2D eigenvalue weighted by molar-refractivity contribution is 0.196. The van der Waals surface area contributed by atoms with Crippen LogP contribution in [0.1, 0.15) is 38.3 Å². The number of hydrogen-bond donors (Lipinski definition) is 1. The van der Waals surface area contributed by atoms with Gasteiger partial charge in [0.15, 0.2) is 0 Å². The first-order chi connectivity index (χ1) is 10.1. The molecule has 4 heteroatoms. The van der Waals surface area contributed by atoms with Crippen LogP contribution >= 0.6 is 0 Å². The highest BCUT2D eigenvalue weighted by Gasteiger charge is 2.19. The number of hydrogen-bond acceptors (Lipinski definition) is 3. The van der Waals surface area contributed by atoms with E-state index in [4.69, 9.17) is 4.74 Å². The first-order valence-corrected chi connectivity index (χ1v) is 7.88. The Kier molecular flexibility index (Phi) is 6.00. The van der Waals surface area contributed by atoms with Gasteiger partial charge in [0.1, 0.15) is 5.82 Å². The van der Waals surface area contributed by atoms with Crippen LogP contribution in [0.2, 0.25) is 0 Å². The van der Waals surface area contributed by atoms with E-state index in [1.807, 2.05) is 19.1 Å². The van der Waals surface area contributed by atoms with Crippen LogP contribution in [-0.4, -0.2) is 33.4 Å². The molecule has 118 valence electrons. The van der Waals surface area contributed by atoms with Crippen molar-refractivity contribution < 1.29 is 9.13 Å². The summed E-state index contributed by atoms with van der Waals surface area (Å²) in [5, 5.41) is 3.33. The Labute approximate surface area is 127 Å². The minimum atomic E-state index is -0.109. The van der Waals surface area contributed by atoms with Crippen molar-refractivity contribution in [2.75, 3.05) is 38.3 Å². The molecule has 1 N–H and O–H groups in total. The largest absolute Gasteiger partial charge is 0.383 e. The molecule has 0 bridgehead atoms.